The summed E-state index contributed by atoms with van der Waals surface area (Å²) in [5.74, 6) is -0.377. The summed E-state index contributed by atoms with van der Waals surface area (Å²) < 4.78 is 18.3. The van der Waals surface area contributed by atoms with Gasteiger partial charge in [-0.25, -0.2) is 4.39 Å². The van der Waals surface area contributed by atoms with Crippen molar-refractivity contribution in [2.75, 3.05) is 6.61 Å². The highest BCUT2D eigenvalue weighted by Crippen LogP contribution is 2.26. The van der Waals surface area contributed by atoms with Gasteiger partial charge in [0.15, 0.2) is 5.78 Å². The van der Waals surface area contributed by atoms with Gasteiger partial charge in [-0.2, -0.15) is 0 Å². The molecular weight excluding hydrogens is 271 g/mol. The zero-order valence-electron chi connectivity index (χ0n) is 11.8. The van der Waals surface area contributed by atoms with Gasteiger partial charge in [0.2, 0.25) is 0 Å². The van der Waals surface area contributed by atoms with Gasteiger partial charge in [0, 0.05) is 11.6 Å². The van der Waals surface area contributed by atoms with Crippen molar-refractivity contribution < 1.29 is 19.0 Å². The van der Waals surface area contributed by atoms with Crippen LogP contribution in [0.1, 0.15) is 35.7 Å². The first-order chi connectivity index (χ1) is 10.1. The number of carbonyl (C=O) groups is 1. The van der Waals surface area contributed by atoms with E-state index in [4.69, 9.17) is 4.74 Å². The largest absolute Gasteiger partial charge is 0.507 e. The molecule has 21 heavy (non-hydrogen) atoms. The van der Waals surface area contributed by atoms with Crippen LogP contribution in [-0.2, 0) is 0 Å². The van der Waals surface area contributed by atoms with Crippen LogP contribution in [0.4, 0.5) is 4.39 Å². The highest BCUT2D eigenvalue weighted by Gasteiger charge is 2.14. The lowest BCUT2D eigenvalue weighted by Crippen LogP contribution is -2.02. The molecule has 0 aromatic heterocycles. The van der Waals surface area contributed by atoms with E-state index in [1.165, 1.54) is 36.4 Å². The van der Waals surface area contributed by atoms with Gasteiger partial charge in [0.25, 0.3) is 0 Å². The van der Waals surface area contributed by atoms with Gasteiger partial charge in [0.1, 0.15) is 17.3 Å². The van der Waals surface area contributed by atoms with Crippen LogP contribution in [0.2, 0.25) is 0 Å². The highest BCUT2D eigenvalue weighted by atomic mass is 19.1. The third-order valence-electron chi connectivity index (χ3n) is 3.09. The van der Waals surface area contributed by atoms with Crippen LogP contribution in [0.3, 0.4) is 0 Å². The number of halogens is 1. The third-order valence-corrected chi connectivity index (χ3v) is 3.09. The number of hydrogen-bond donors (Lipinski definition) is 1. The van der Waals surface area contributed by atoms with Gasteiger partial charge >= 0.3 is 0 Å². The second-order valence-electron chi connectivity index (χ2n) is 4.72. The Morgan fingerprint density at radius 2 is 1.90 bits per heavy atom. The van der Waals surface area contributed by atoms with E-state index in [2.05, 4.69) is 6.92 Å². The Morgan fingerprint density at radius 3 is 2.52 bits per heavy atom. The maximum Gasteiger partial charge on any atom is 0.196 e. The lowest BCUT2D eigenvalue weighted by molar-refractivity contribution is 0.103. The molecule has 0 spiro atoms. The average Bonchev–Trinajstić information content (AvgIpc) is 2.48. The Hall–Kier alpha value is -2.36. The molecule has 3 nitrogen and oxygen atoms in total. The van der Waals surface area contributed by atoms with Crippen LogP contribution in [0, 0.1) is 5.82 Å². The number of aromatic hydroxyl groups is 1. The van der Waals surface area contributed by atoms with Gasteiger partial charge in [-0.05, 0) is 42.8 Å². The molecule has 4 heteroatoms. The molecule has 110 valence electrons. The molecule has 0 aliphatic rings. The van der Waals surface area contributed by atoms with Gasteiger partial charge < -0.3 is 9.84 Å². The maximum absolute atomic E-state index is 12.9. The van der Waals surface area contributed by atoms with E-state index in [0.29, 0.717) is 17.9 Å². The minimum Gasteiger partial charge on any atom is -0.507 e. The molecular formula is C17H17FO3. The number of unbranched alkanes of at least 4 members (excludes halogenated alkanes) is 1. The number of ether oxygens (including phenoxy) is 1. The second-order valence-corrected chi connectivity index (χ2v) is 4.72. The number of rotatable bonds is 6. The molecule has 0 bridgehead atoms. The molecule has 0 amide bonds. The first-order valence-electron chi connectivity index (χ1n) is 6.88. The molecule has 1 N–H and O–H groups in total. The molecule has 0 saturated carbocycles. The van der Waals surface area contributed by atoms with Crippen LogP contribution in [-0.4, -0.2) is 17.5 Å². The number of carbonyl (C=O) groups excluding carboxylic acids is 1. The van der Waals surface area contributed by atoms with E-state index in [1.807, 2.05) is 0 Å². The van der Waals surface area contributed by atoms with E-state index in [-0.39, 0.29) is 17.1 Å². The van der Waals surface area contributed by atoms with Crippen molar-refractivity contribution in [1.82, 2.24) is 0 Å². The van der Waals surface area contributed by atoms with Crippen molar-refractivity contribution in [2.24, 2.45) is 0 Å². The average molecular weight is 288 g/mol. The lowest BCUT2D eigenvalue weighted by Gasteiger charge is -2.08. The van der Waals surface area contributed by atoms with Crippen LogP contribution >= 0.6 is 0 Å². The maximum atomic E-state index is 12.9. The molecule has 0 atom stereocenters. The first kappa shape index (κ1) is 15.0. The molecule has 0 radical (unpaired) electrons. The summed E-state index contributed by atoms with van der Waals surface area (Å²) >= 11 is 0. The second kappa shape index (κ2) is 6.88. The number of benzene rings is 2. The van der Waals surface area contributed by atoms with E-state index in [9.17, 15) is 14.3 Å². The highest BCUT2D eigenvalue weighted by molar-refractivity contribution is 6.10. The zero-order chi connectivity index (χ0) is 15.2. The fraction of sp³-hybridized carbons (Fsp3) is 0.235. The van der Waals surface area contributed by atoms with E-state index in [1.54, 1.807) is 6.07 Å². The fourth-order valence-corrected chi connectivity index (χ4v) is 1.88. The Morgan fingerprint density at radius 1 is 1.19 bits per heavy atom. The van der Waals surface area contributed by atoms with Gasteiger partial charge in [-0.3, -0.25) is 4.79 Å². The summed E-state index contributed by atoms with van der Waals surface area (Å²) in [7, 11) is 0. The van der Waals surface area contributed by atoms with E-state index >= 15 is 0 Å². The SMILES string of the molecule is CCCCOc1ccc(C(=O)c2ccc(F)cc2)c(O)c1. The monoisotopic (exact) mass is 288 g/mol. The summed E-state index contributed by atoms with van der Waals surface area (Å²) in [6.07, 6.45) is 1.95. The minimum atomic E-state index is -0.407. The smallest absolute Gasteiger partial charge is 0.196 e. The zero-order valence-corrected chi connectivity index (χ0v) is 11.8. The summed E-state index contributed by atoms with van der Waals surface area (Å²) in [6.45, 7) is 2.63. The van der Waals surface area contributed by atoms with Crippen molar-refractivity contribution >= 4 is 5.78 Å². The number of ketones is 1. The Balaban J connectivity index is 2.16. The van der Waals surface area contributed by atoms with Gasteiger partial charge in [-0.1, -0.05) is 13.3 Å². The number of phenols is 1. The van der Waals surface area contributed by atoms with Crippen LogP contribution in [0.15, 0.2) is 42.5 Å². The predicted octanol–water partition coefficient (Wildman–Crippen LogP) is 3.94. The van der Waals surface area contributed by atoms with Crippen molar-refractivity contribution in [3.63, 3.8) is 0 Å². The van der Waals surface area contributed by atoms with Crippen LogP contribution in [0.5, 0.6) is 11.5 Å². The molecule has 0 aliphatic carbocycles. The molecule has 0 saturated heterocycles. The van der Waals surface area contributed by atoms with Gasteiger partial charge in [-0.15, -0.1) is 0 Å². The molecule has 2 aromatic rings. The Labute approximate surface area is 123 Å². The van der Waals surface area contributed by atoms with Crippen LogP contribution < -0.4 is 4.74 Å². The quantitative estimate of drug-likeness (QED) is 0.647. The predicted molar refractivity (Wildman–Crippen MR) is 78.3 cm³/mol. The summed E-state index contributed by atoms with van der Waals surface area (Å²) in [4.78, 5) is 12.2. The normalized spacial score (nSPS) is 10.4. The van der Waals surface area contributed by atoms with Crippen molar-refractivity contribution in [2.45, 2.75) is 19.8 Å². The van der Waals surface area contributed by atoms with Crippen LogP contribution in [0.25, 0.3) is 0 Å². The van der Waals surface area contributed by atoms with E-state index < -0.39 is 5.82 Å². The molecule has 2 aromatic carbocycles. The molecule has 0 fully saturated rings. The molecule has 0 unspecified atom stereocenters. The summed E-state index contributed by atoms with van der Waals surface area (Å²) in [6, 6.07) is 9.80. The molecule has 2 rings (SSSR count). The molecule has 0 aliphatic heterocycles. The molecule has 0 heterocycles. The number of hydrogen-bond acceptors (Lipinski definition) is 3. The Kier molecular flexibility index (Phi) is 4.93. The lowest BCUT2D eigenvalue weighted by atomic mass is 10.0. The first-order valence-corrected chi connectivity index (χ1v) is 6.88. The summed E-state index contributed by atoms with van der Waals surface area (Å²) in [5, 5.41) is 9.96. The fourth-order valence-electron chi connectivity index (χ4n) is 1.88. The van der Waals surface area contributed by atoms with E-state index in [0.717, 1.165) is 12.8 Å². The van der Waals surface area contributed by atoms with Crippen molar-refractivity contribution in [3.05, 3.63) is 59.4 Å². The Bertz CT molecular complexity index is 620. The minimum absolute atomic E-state index is 0.140. The third kappa shape index (κ3) is 3.81. The standard InChI is InChI=1S/C17H17FO3/c1-2-3-10-21-14-8-9-15(16(19)11-14)17(20)12-4-6-13(18)7-5-12/h4-9,11,19H,2-3,10H2,1H3. The number of phenolic OH excluding ortho intramolecular Hbond substituents is 1. The van der Waals surface area contributed by atoms with Crippen molar-refractivity contribution in [3.8, 4) is 11.5 Å². The summed E-state index contributed by atoms with van der Waals surface area (Å²) in [5.41, 5.74) is 0.496. The van der Waals surface area contributed by atoms with Crippen molar-refractivity contribution in [1.29, 1.82) is 0 Å². The van der Waals surface area contributed by atoms with Gasteiger partial charge in [0.05, 0.1) is 12.2 Å². The topological polar surface area (TPSA) is 46.5 Å².